The van der Waals surface area contributed by atoms with Crippen molar-refractivity contribution in [3.8, 4) is 5.75 Å². The van der Waals surface area contributed by atoms with Crippen molar-refractivity contribution in [2.75, 3.05) is 12.4 Å². The third-order valence-corrected chi connectivity index (χ3v) is 3.86. The van der Waals surface area contributed by atoms with E-state index >= 15 is 0 Å². The average molecular weight is 279 g/mol. The lowest BCUT2D eigenvalue weighted by molar-refractivity contribution is -0.143. The van der Waals surface area contributed by atoms with Crippen molar-refractivity contribution in [1.29, 1.82) is 0 Å². The first-order chi connectivity index (χ1) is 9.47. The Labute approximate surface area is 121 Å². The number of carboxylic acid groups (broad SMARTS) is 1. The minimum absolute atomic E-state index is 0.351. The summed E-state index contributed by atoms with van der Waals surface area (Å²) in [6.45, 7) is 6.07. The van der Waals surface area contributed by atoms with E-state index in [1.54, 1.807) is 7.11 Å². The maximum Gasteiger partial charge on any atom is 0.329 e. The molecular weight excluding hydrogens is 254 g/mol. The van der Waals surface area contributed by atoms with Crippen LogP contribution in [0.5, 0.6) is 5.75 Å². The van der Waals surface area contributed by atoms with Crippen molar-refractivity contribution < 1.29 is 14.6 Å². The largest absolute Gasteiger partial charge is 0.497 e. The smallest absolute Gasteiger partial charge is 0.329 e. The summed E-state index contributed by atoms with van der Waals surface area (Å²) in [5, 5.41) is 12.9. The molecule has 0 saturated carbocycles. The van der Waals surface area contributed by atoms with Crippen LogP contribution in [0.1, 0.15) is 40.0 Å². The molecule has 0 aliphatic rings. The summed E-state index contributed by atoms with van der Waals surface area (Å²) in [4.78, 5) is 11.8. The van der Waals surface area contributed by atoms with Gasteiger partial charge in [0.15, 0.2) is 0 Å². The molecule has 0 heterocycles. The molecule has 0 fully saturated rings. The molecule has 0 aromatic heterocycles. The quantitative estimate of drug-likeness (QED) is 0.760. The van der Waals surface area contributed by atoms with Gasteiger partial charge in [0, 0.05) is 11.8 Å². The molecule has 0 aliphatic heterocycles. The van der Waals surface area contributed by atoms with E-state index in [2.05, 4.69) is 19.2 Å². The van der Waals surface area contributed by atoms with E-state index in [0.717, 1.165) is 12.1 Å². The van der Waals surface area contributed by atoms with Gasteiger partial charge in [0.1, 0.15) is 11.3 Å². The van der Waals surface area contributed by atoms with Crippen LogP contribution < -0.4 is 10.1 Å². The Balaban J connectivity index is 3.01. The van der Waals surface area contributed by atoms with Gasteiger partial charge in [0.2, 0.25) is 0 Å². The fraction of sp³-hybridized carbons (Fsp3) is 0.562. The van der Waals surface area contributed by atoms with Crippen molar-refractivity contribution in [3.05, 3.63) is 24.3 Å². The van der Waals surface area contributed by atoms with E-state index in [-0.39, 0.29) is 0 Å². The van der Waals surface area contributed by atoms with E-state index in [0.29, 0.717) is 24.5 Å². The summed E-state index contributed by atoms with van der Waals surface area (Å²) < 4.78 is 5.18. The number of carbonyl (C=O) groups is 1. The molecule has 1 aromatic rings. The highest BCUT2D eigenvalue weighted by Gasteiger charge is 2.37. The molecule has 4 nitrogen and oxygen atoms in total. The topological polar surface area (TPSA) is 58.6 Å². The fourth-order valence-corrected chi connectivity index (χ4v) is 2.29. The lowest BCUT2D eigenvalue weighted by Crippen LogP contribution is -2.47. The Morgan fingerprint density at radius 2 is 2.15 bits per heavy atom. The van der Waals surface area contributed by atoms with Crippen LogP contribution in [0.25, 0.3) is 0 Å². The maximum atomic E-state index is 11.8. The predicted molar refractivity (Wildman–Crippen MR) is 81.3 cm³/mol. The zero-order valence-corrected chi connectivity index (χ0v) is 12.8. The number of methoxy groups -OCH3 is 1. The molecule has 20 heavy (non-hydrogen) atoms. The number of anilines is 1. The van der Waals surface area contributed by atoms with Crippen LogP contribution in [0.3, 0.4) is 0 Å². The average Bonchev–Trinajstić information content (AvgIpc) is 2.46. The summed E-state index contributed by atoms with van der Waals surface area (Å²) >= 11 is 0. The van der Waals surface area contributed by atoms with Crippen LogP contribution >= 0.6 is 0 Å². The molecule has 1 rings (SSSR count). The molecule has 112 valence electrons. The second kappa shape index (κ2) is 7.17. The van der Waals surface area contributed by atoms with Gasteiger partial charge in [-0.1, -0.05) is 33.3 Å². The number of rotatable bonds is 8. The molecule has 4 heteroatoms. The molecule has 0 aliphatic carbocycles. The molecule has 2 unspecified atom stereocenters. The van der Waals surface area contributed by atoms with Crippen molar-refractivity contribution >= 4 is 11.7 Å². The van der Waals surface area contributed by atoms with Crippen LogP contribution in [0, 0.1) is 5.92 Å². The van der Waals surface area contributed by atoms with Crippen LogP contribution in [0.4, 0.5) is 5.69 Å². The second-order valence-electron chi connectivity index (χ2n) is 5.32. The Morgan fingerprint density at radius 3 is 2.65 bits per heavy atom. The maximum absolute atomic E-state index is 11.8. The first-order valence-electron chi connectivity index (χ1n) is 7.13. The standard InChI is InChI=1S/C16H25NO3/c1-5-12(3)11-16(6-2,15(18)19)17-13-8-7-9-14(10-13)20-4/h7-10,12,17H,5-6,11H2,1-4H3,(H,18,19). The highest BCUT2D eigenvalue weighted by molar-refractivity contribution is 5.82. The zero-order valence-electron chi connectivity index (χ0n) is 12.8. The van der Waals surface area contributed by atoms with Gasteiger partial charge < -0.3 is 15.2 Å². The van der Waals surface area contributed by atoms with E-state index < -0.39 is 11.5 Å². The highest BCUT2D eigenvalue weighted by atomic mass is 16.5. The Morgan fingerprint density at radius 1 is 1.45 bits per heavy atom. The van der Waals surface area contributed by atoms with E-state index in [1.165, 1.54) is 0 Å². The van der Waals surface area contributed by atoms with Gasteiger partial charge in [0.05, 0.1) is 7.11 Å². The van der Waals surface area contributed by atoms with Gasteiger partial charge in [-0.25, -0.2) is 4.79 Å². The molecule has 0 saturated heterocycles. The molecular formula is C16H25NO3. The number of carboxylic acids is 1. The minimum Gasteiger partial charge on any atom is -0.497 e. The lowest BCUT2D eigenvalue weighted by Gasteiger charge is -2.33. The third-order valence-electron chi connectivity index (χ3n) is 3.86. The Hall–Kier alpha value is -1.71. The van der Waals surface area contributed by atoms with Crippen molar-refractivity contribution in [2.24, 2.45) is 5.92 Å². The Bertz CT molecular complexity index is 447. The van der Waals surface area contributed by atoms with Crippen molar-refractivity contribution in [2.45, 2.75) is 45.6 Å². The summed E-state index contributed by atoms with van der Waals surface area (Å²) in [5.41, 5.74) is -0.154. The molecule has 0 radical (unpaired) electrons. The Kier molecular flexibility index (Phi) is 5.86. The molecule has 0 spiro atoms. The molecule has 1 aromatic carbocycles. The number of hydrogen-bond donors (Lipinski definition) is 2. The second-order valence-corrected chi connectivity index (χ2v) is 5.32. The van der Waals surface area contributed by atoms with Crippen LogP contribution in [-0.2, 0) is 4.79 Å². The van der Waals surface area contributed by atoms with E-state index in [4.69, 9.17) is 4.74 Å². The molecule has 0 bridgehead atoms. The van der Waals surface area contributed by atoms with Crippen molar-refractivity contribution in [3.63, 3.8) is 0 Å². The summed E-state index contributed by atoms with van der Waals surface area (Å²) in [6, 6.07) is 7.39. The summed E-state index contributed by atoms with van der Waals surface area (Å²) in [7, 11) is 1.60. The molecule has 2 atom stereocenters. The number of nitrogens with one attached hydrogen (secondary N) is 1. The molecule has 0 amide bonds. The van der Waals surface area contributed by atoms with Gasteiger partial charge in [-0.3, -0.25) is 0 Å². The SMILES string of the molecule is CCC(C)CC(CC)(Nc1cccc(OC)c1)C(=O)O. The fourth-order valence-electron chi connectivity index (χ4n) is 2.29. The van der Waals surface area contributed by atoms with Crippen LogP contribution in [0.2, 0.25) is 0 Å². The number of hydrogen-bond acceptors (Lipinski definition) is 3. The number of ether oxygens (including phenoxy) is 1. The van der Waals surface area contributed by atoms with Gasteiger partial charge in [-0.05, 0) is 30.9 Å². The summed E-state index contributed by atoms with van der Waals surface area (Å²) in [6.07, 6.45) is 2.10. The van der Waals surface area contributed by atoms with E-state index in [1.807, 2.05) is 31.2 Å². The summed E-state index contributed by atoms with van der Waals surface area (Å²) in [5.74, 6) is 0.265. The third kappa shape index (κ3) is 3.89. The zero-order chi connectivity index (χ0) is 15.2. The van der Waals surface area contributed by atoms with Crippen LogP contribution in [-0.4, -0.2) is 23.7 Å². The number of aliphatic carboxylic acids is 1. The van der Waals surface area contributed by atoms with Gasteiger partial charge >= 0.3 is 5.97 Å². The van der Waals surface area contributed by atoms with Crippen molar-refractivity contribution in [1.82, 2.24) is 0 Å². The first-order valence-corrected chi connectivity index (χ1v) is 7.13. The first kappa shape index (κ1) is 16.3. The van der Waals surface area contributed by atoms with Gasteiger partial charge in [0.25, 0.3) is 0 Å². The predicted octanol–water partition coefficient (Wildman–Crippen LogP) is 3.78. The normalized spacial score (nSPS) is 15.2. The van der Waals surface area contributed by atoms with Gasteiger partial charge in [-0.2, -0.15) is 0 Å². The lowest BCUT2D eigenvalue weighted by atomic mass is 9.84. The minimum atomic E-state index is -0.929. The van der Waals surface area contributed by atoms with Crippen LogP contribution in [0.15, 0.2) is 24.3 Å². The monoisotopic (exact) mass is 279 g/mol. The van der Waals surface area contributed by atoms with E-state index in [9.17, 15) is 9.90 Å². The molecule has 2 N–H and O–H groups in total. The highest BCUT2D eigenvalue weighted by Crippen LogP contribution is 2.29. The number of benzene rings is 1. The van der Waals surface area contributed by atoms with Gasteiger partial charge in [-0.15, -0.1) is 0 Å².